The van der Waals surface area contributed by atoms with Gasteiger partial charge in [0.05, 0.1) is 0 Å². The fourth-order valence-corrected chi connectivity index (χ4v) is 3.44. The lowest BCUT2D eigenvalue weighted by Gasteiger charge is -2.20. The zero-order valence-electron chi connectivity index (χ0n) is 10.00. The van der Waals surface area contributed by atoms with Gasteiger partial charge in [0.15, 0.2) is 11.6 Å². The second-order valence-corrected chi connectivity index (χ2v) is 6.11. The van der Waals surface area contributed by atoms with Crippen LogP contribution in [-0.2, 0) is 10.0 Å². The van der Waals surface area contributed by atoms with Crippen molar-refractivity contribution in [1.82, 2.24) is 9.62 Å². The lowest BCUT2D eigenvalue weighted by atomic mass is 10.3. The maximum atomic E-state index is 13.6. The van der Waals surface area contributed by atoms with E-state index in [1.54, 1.807) is 0 Å². The molecule has 0 bridgehead atoms. The molecule has 1 aliphatic rings. The molecule has 106 valence electrons. The summed E-state index contributed by atoms with van der Waals surface area (Å²) in [4.78, 5) is -0.826. The molecule has 0 atom stereocenters. The largest absolute Gasteiger partial charge is 0.315 e. The number of benzene rings is 1. The van der Waals surface area contributed by atoms with Crippen molar-refractivity contribution in [3.8, 4) is 0 Å². The predicted molar refractivity (Wildman–Crippen MR) is 62.6 cm³/mol. The maximum absolute atomic E-state index is 13.6. The van der Waals surface area contributed by atoms with Crippen molar-refractivity contribution in [2.75, 3.05) is 26.2 Å². The molecule has 0 radical (unpaired) electrons. The molecule has 19 heavy (non-hydrogen) atoms. The van der Waals surface area contributed by atoms with Gasteiger partial charge in [0.25, 0.3) is 0 Å². The van der Waals surface area contributed by atoms with Gasteiger partial charge in [0.1, 0.15) is 10.7 Å². The first-order valence-electron chi connectivity index (χ1n) is 5.78. The quantitative estimate of drug-likeness (QED) is 0.831. The molecule has 4 nitrogen and oxygen atoms in total. The van der Waals surface area contributed by atoms with Crippen molar-refractivity contribution in [1.29, 1.82) is 0 Å². The molecule has 1 aliphatic heterocycles. The Balaban J connectivity index is 2.41. The van der Waals surface area contributed by atoms with Gasteiger partial charge in [-0.25, -0.2) is 21.6 Å². The highest BCUT2D eigenvalue weighted by molar-refractivity contribution is 7.89. The first-order valence-corrected chi connectivity index (χ1v) is 7.22. The third-order valence-corrected chi connectivity index (χ3v) is 4.81. The van der Waals surface area contributed by atoms with Crippen molar-refractivity contribution in [2.24, 2.45) is 0 Å². The van der Waals surface area contributed by atoms with Crippen LogP contribution in [0.2, 0.25) is 0 Å². The zero-order chi connectivity index (χ0) is 14.0. The molecule has 1 N–H and O–H groups in total. The summed E-state index contributed by atoms with van der Waals surface area (Å²) in [5.41, 5.74) is 0. The Hall–Kier alpha value is -1.12. The van der Waals surface area contributed by atoms with Crippen LogP contribution in [-0.4, -0.2) is 38.9 Å². The van der Waals surface area contributed by atoms with Crippen LogP contribution >= 0.6 is 0 Å². The van der Waals surface area contributed by atoms with Crippen molar-refractivity contribution < 1.29 is 21.6 Å². The van der Waals surface area contributed by atoms with Gasteiger partial charge in [0, 0.05) is 25.7 Å². The molecular formula is C11H13F3N2O2S. The van der Waals surface area contributed by atoms with Crippen LogP contribution in [0.3, 0.4) is 0 Å². The highest BCUT2D eigenvalue weighted by atomic mass is 32.2. The van der Waals surface area contributed by atoms with Crippen LogP contribution in [0.4, 0.5) is 13.2 Å². The molecule has 0 aromatic heterocycles. The summed E-state index contributed by atoms with van der Waals surface area (Å²) in [6, 6.07) is 0.636. The molecule has 0 saturated carbocycles. The highest BCUT2D eigenvalue weighted by Gasteiger charge is 2.29. The first-order chi connectivity index (χ1) is 8.93. The molecule has 1 aromatic rings. The van der Waals surface area contributed by atoms with Gasteiger partial charge < -0.3 is 5.32 Å². The van der Waals surface area contributed by atoms with E-state index < -0.39 is 32.4 Å². The standard InChI is InChI=1S/C11H13F3N2O2S/c12-8-6-10(14)11(7-9(8)13)19(17,18)16-4-1-2-15-3-5-16/h6-7,15H,1-5H2. The number of nitrogens with zero attached hydrogens (tertiary/aromatic N) is 1. The minimum absolute atomic E-state index is 0.167. The van der Waals surface area contributed by atoms with Crippen molar-refractivity contribution in [3.05, 3.63) is 29.6 Å². The molecule has 0 unspecified atom stereocenters. The fourth-order valence-electron chi connectivity index (χ4n) is 1.90. The predicted octanol–water partition coefficient (Wildman–Crippen LogP) is 1.09. The summed E-state index contributed by atoms with van der Waals surface area (Å²) in [6.45, 7) is 1.48. The summed E-state index contributed by atoms with van der Waals surface area (Å²) in [5.74, 6) is -4.07. The van der Waals surface area contributed by atoms with Gasteiger partial charge in [0.2, 0.25) is 10.0 Å². The Morgan fingerprint density at radius 2 is 1.68 bits per heavy atom. The SMILES string of the molecule is O=S(=O)(c1cc(F)c(F)cc1F)N1CCCNCC1. The number of hydrogen-bond donors (Lipinski definition) is 1. The van der Waals surface area contributed by atoms with Crippen LogP contribution in [0.15, 0.2) is 17.0 Å². The summed E-state index contributed by atoms with van der Waals surface area (Å²) in [7, 11) is -4.14. The monoisotopic (exact) mass is 294 g/mol. The van der Waals surface area contributed by atoms with Gasteiger partial charge in [-0.05, 0) is 19.0 Å². The van der Waals surface area contributed by atoms with Gasteiger partial charge in [-0.2, -0.15) is 4.31 Å². The third kappa shape index (κ3) is 2.90. The van der Waals surface area contributed by atoms with E-state index in [9.17, 15) is 21.6 Å². The molecule has 1 heterocycles. The Kier molecular flexibility index (Phi) is 4.12. The smallest absolute Gasteiger partial charge is 0.246 e. The number of halogens is 3. The Morgan fingerprint density at radius 1 is 1.00 bits per heavy atom. The van der Waals surface area contributed by atoms with Gasteiger partial charge >= 0.3 is 0 Å². The molecular weight excluding hydrogens is 281 g/mol. The van der Waals surface area contributed by atoms with E-state index in [1.807, 2.05) is 0 Å². The highest BCUT2D eigenvalue weighted by Crippen LogP contribution is 2.22. The fraction of sp³-hybridized carbons (Fsp3) is 0.455. The van der Waals surface area contributed by atoms with E-state index in [-0.39, 0.29) is 19.2 Å². The molecule has 0 aliphatic carbocycles. The normalized spacial score (nSPS) is 18.3. The van der Waals surface area contributed by atoms with Crippen LogP contribution in [0, 0.1) is 17.5 Å². The first kappa shape index (κ1) is 14.3. The minimum atomic E-state index is -4.14. The number of hydrogen-bond acceptors (Lipinski definition) is 3. The summed E-state index contributed by atoms with van der Waals surface area (Å²) >= 11 is 0. The second-order valence-electron chi connectivity index (χ2n) is 4.20. The number of rotatable bonds is 2. The van der Waals surface area contributed by atoms with E-state index in [0.29, 0.717) is 25.6 Å². The molecule has 2 rings (SSSR count). The molecule has 0 amide bonds. The lowest BCUT2D eigenvalue weighted by Crippen LogP contribution is -2.34. The van der Waals surface area contributed by atoms with Crippen molar-refractivity contribution >= 4 is 10.0 Å². The van der Waals surface area contributed by atoms with E-state index in [0.717, 1.165) is 4.31 Å². The average molecular weight is 294 g/mol. The minimum Gasteiger partial charge on any atom is -0.315 e. The maximum Gasteiger partial charge on any atom is 0.246 e. The molecule has 1 aromatic carbocycles. The van der Waals surface area contributed by atoms with Gasteiger partial charge in [-0.1, -0.05) is 0 Å². The van der Waals surface area contributed by atoms with Crippen LogP contribution < -0.4 is 5.32 Å². The number of sulfonamides is 1. The Labute approximate surface area is 109 Å². The summed E-state index contributed by atoms with van der Waals surface area (Å²) < 4.78 is 64.9. The van der Waals surface area contributed by atoms with Crippen LogP contribution in [0.5, 0.6) is 0 Å². The van der Waals surface area contributed by atoms with E-state index in [2.05, 4.69) is 5.32 Å². The summed E-state index contributed by atoms with van der Waals surface area (Å²) in [6.07, 6.45) is 0.574. The molecule has 1 saturated heterocycles. The Bertz CT molecular complexity index is 570. The molecule has 8 heteroatoms. The lowest BCUT2D eigenvalue weighted by molar-refractivity contribution is 0.423. The average Bonchev–Trinajstić information content (AvgIpc) is 2.62. The number of nitrogens with one attached hydrogen (secondary N) is 1. The van der Waals surface area contributed by atoms with E-state index in [1.165, 1.54) is 0 Å². The van der Waals surface area contributed by atoms with Crippen LogP contribution in [0.25, 0.3) is 0 Å². The van der Waals surface area contributed by atoms with Crippen molar-refractivity contribution in [3.63, 3.8) is 0 Å². The topological polar surface area (TPSA) is 49.4 Å². The van der Waals surface area contributed by atoms with Crippen molar-refractivity contribution in [2.45, 2.75) is 11.3 Å². The van der Waals surface area contributed by atoms with E-state index >= 15 is 0 Å². The summed E-state index contributed by atoms with van der Waals surface area (Å²) in [5, 5.41) is 3.00. The van der Waals surface area contributed by atoms with Gasteiger partial charge in [-0.15, -0.1) is 0 Å². The zero-order valence-corrected chi connectivity index (χ0v) is 10.8. The second kappa shape index (κ2) is 5.48. The molecule has 0 spiro atoms. The Morgan fingerprint density at radius 3 is 2.42 bits per heavy atom. The molecule has 1 fully saturated rings. The van der Waals surface area contributed by atoms with Gasteiger partial charge in [-0.3, -0.25) is 0 Å². The third-order valence-electron chi connectivity index (χ3n) is 2.89. The van der Waals surface area contributed by atoms with E-state index in [4.69, 9.17) is 0 Å². The van der Waals surface area contributed by atoms with Crippen LogP contribution in [0.1, 0.15) is 6.42 Å².